The highest BCUT2D eigenvalue weighted by Gasteiger charge is 2.38. The van der Waals surface area contributed by atoms with Crippen LogP contribution in [0.4, 0.5) is 0 Å². The monoisotopic (exact) mass is 308 g/mol. The molecule has 6 nitrogen and oxygen atoms in total. The zero-order valence-electron chi connectivity index (χ0n) is 12.2. The van der Waals surface area contributed by atoms with Crippen LogP contribution in [0.15, 0.2) is 24.3 Å². The van der Waals surface area contributed by atoms with Gasteiger partial charge in [0.1, 0.15) is 5.60 Å². The number of hydrogen-bond acceptors (Lipinski definition) is 5. The van der Waals surface area contributed by atoms with Crippen molar-refractivity contribution in [1.82, 2.24) is 0 Å². The molecule has 0 radical (unpaired) electrons. The van der Waals surface area contributed by atoms with Crippen LogP contribution in [-0.2, 0) is 4.74 Å². The highest BCUT2D eigenvalue weighted by atomic mass is 16.6. The van der Waals surface area contributed by atoms with E-state index in [0.29, 0.717) is 25.7 Å². The Morgan fingerprint density at radius 2 is 1.82 bits per heavy atom. The third-order valence-corrected chi connectivity index (χ3v) is 4.22. The van der Waals surface area contributed by atoms with Crippen LogP contribution >= 0.6 is 0 Å². The first-order valence-corrected chi connectivity index (χ1v) is 7.28. The molecule has 1 aliphatic rings. The maximum atomic E-state index is 12.2. The summed E-state index contributed by atoms with van der Waals surface area (Å²) in [4.78, 5) is 23.2. The van der Waals surface area contributed by atoms with E-state index in [2.05, 4.69) is 0 Å². The van der Waals surface area contributed by atoms with Gasteiger partial charge >= 0.3 is 11.9 Å². The van der Waals surface area contributed by atoms with E-state index in [4.69, 9.17) is 14.9 Å². The Balaban J connectivity index is 2.10. The van der Waals surface area contributed by atoms with Gasteiger partial charge in [0.15, 0.2) is 0 Å². The first-order valence-electron chi connectivity index (χ1n) is 7.28. The smallest absolute Gasteiger partial charge is 0.338 e. The van der Waals surface area contributed by atoms with E-state index in [1.54, 1.807) is 0 Å². The van der Waals surface area contributed by atoms with Crippen LogP contribution in [0.1, 0.15) is 46.4 Å². The molecule has 1 fully saturated rings. The van der Waals surface area contributed by atoms with Crippen molar-refractivity contribution in [3.8, 4) is 0 Å². The van der Waals surface area contributed by atoms with Gasteiger partial charge in [-0.2, -0.15) is 0 Å². The second-order valence-electron chi connectivity index (χ2n) is 5.74. The van der Waals surface area contributed by atoms with Crippen molar-refractivity contribution in [2.75, 3.05) is 13.2 Å². The lowest BCUT2D eigenvalue weighted by molar-refractivity contribution is -0.0759. The lowest BCUT2D eigenvalue weighted by Crippen LogP contribution is -2.43. The van der Waals surface area contributed by atoms with Crippen LogP contribution in [0.2, 0.25) is 0 Å². The highest BCUT2D eigenvalue weighted by Crippen LogP contribution is 2.35. The topological polar surface area (TPSA) is 104 Å². The number of rotatable bonds is 5. The molecule has 1 aromatic rings. The summed E-state index contributed by atoms with van der Waals surface area (Å²) < 4.78 is 5.48. The Morgan fingerprint density at radius 3 is 2.36 bits per heavy atom. The summed E-state index contributed by atoms with van der Waals surface area (Å²) in [6.45, 7) is -0.189. The van der Waals surface area contributed by atoms with Gasteiger partial charge in [-0.1, -0.05) is 6.07 Å². The van der Waals surface area contributed by atoms with Crippen LogP contribution in [0.25, 0.3) is 0 Å². The minimum absolute atomic E-state index is 0.0106. The van der Waals surface area contributed by atoms with E-state index in [1.807, 2.05) is 0 Å². The van der Waals surface area contributed by atoms with E-state index in [-0.39, 0.29) is 30.3 Å². The summed E-state index contributed by atoms with van der Waals surface area (Å²) >= 11 is 0. The van der Waals surface area contributed by atoms with Crippen molar-refractivity contribution in [2.45, 2.75) is 31.3 Å². The molecule has 0 spiro atoms. The second-order valence-corrected chi connectivity index (χ2v) is 5.74. The number of hydrogen-bond donors (Lipinski definition) is 3. The van der Waals surface area contributed by atoms with Crippen LogP contribution in [-0.4, -0.2) is 46.1 Å². The SMILES string of the molecule is O=C(O)c1cccc(C(=O)OC2(CO)CCC(CO)CC2)c1. The number of aromatic carboxylic acids is 1. The van der Waals surface area contributed by atoms with Crippen molar-refractivity contribution in [3.63, 3.8) is 0 Å². The van der Waals surface area contributed by atoms with Crippen molar-refractivity contribution in [1.29, 1.82) is 0 Å². The fraction of sp³-hybridized carbons (Fsp3) is 0.500. The third kappa shape index (κ3) is 3.64. The molecule has 1 aliphatic carbocycles. The number of carbonyl (C=O) groups excluding carboxylic acids is 1. The number of ether oxygens (including phenoxy) is 1. The molecule has 22 heavy (non-hydrogen) atoms. The summed E-state index contributed by atoms with van der Waals surface area (Å²) in [5.74, 6) is -1.58. The Kier molecular flexibility index (Phi) is 5.15. The van der Waals surface area contributed by atoms with Gasteiger partial charge in [0.2, 0.25) is 0 Å². The fourth-order valence-electron chi connectivity index (χ4n) is 2.71. The molecule has 0 unspecified atom stereocenters. The predicted molar refractivity (Wildman–Crippen MR) is 77.7 cm³/mol. The zero-order chi connectivity index (χ0) is 16.2. The molecule has 2 rings (SSSR count). The van der Waals surface area contributed by atoms with Crippen LogP contribution < -0.4 is 0 Å². The number of benzene rings is 1. The number of carbonyl (C=O) groups is 2. The summed E-state index contributed by atoms with van der Waals surface area (Å²) in [6.07, 6.45) is 2.33. The first kappa shape index (κ1) is 16.5. The number of carboxylic acids is 1. The molecule has 120 valence electrons. The molecule has 0 heterocycles. The normalized spacial score (nSPS) is 24.7. The molecule has 0 bridgehead atoms. The lowest BCUT2D eigenvalue weighted by atomic mass is 9.79. The predicted octanol–water partition coefficient (Wildman–Crippen LogP) is 1.46. The average molecular weight is 308 g/mol. The summed E-state index contributed by atoms with van der Waals surface area (Å²) in [7, 11) is 0. The molecule has 0 aromatic heterocycles. The molecule has 0 saturated heterocycles. The molecular formula is C16H20O6. The van der Waals surface area contributed by atoms with Gasteiger partial charge in [-0.25, -0.2) is 9.59 Å². The standard InChI is InChI=1S/C16H20O6/c17-9-11-4-6-16(10-18,7-5-11)22-15(21)13-3-1-2-12(8-13)14(19)20/h1-3,8,11,17-18H,4-7,9-10H2,(H,19,20). The molecule has 6 heteroatoms. The van der Waals surface area contributed by atoms with Crippen molar-refractivity contribution in [3.05, 3.63) is 35.4 Å². The number of aliphatic hydroxyl groups is 2. The van der Waals surface area contributed by atoms with Crippen molar-refractivity contribution < 1.29 is 29.6 Å². The minimum Gasteiger partial charge on any atom is -0.478 e. The fourth-order valence-corrected chi connectivity index (χ4v) is 2.71. The molecule has 0 aliphatic heterocycles. The Morgan fingerprint density at radius 1 is 1.18 bits per heavy atom. The van der Waals surface area contributed by atoms with Crippen LogP contribution in [0.5, 0.6) is 0 Å². The molecule has 0 amide bonds. The number of aliphatic hydroxyl groups excluding tert-OH is 2. The molecule has 1 aromatic carbocycles. The lowest BCUT2D eigenvalue weighted by Gasteiger charge is -2.37. The molecule has 0 atom stereocenters. The molecule has 1 saturated carbocycles. The summed E-state index contributed by atoms with van der Waals surface area (Å²) in [5, 5.41) is 27.7. The van der Waals surface area contributed by atoms with Gasteiger partial charge in [-0.15, -0.1) is 0 Å². The van der Waals surface area contributed by atoms with Gasteiger partial charge < -0.3 is 20.1 Å². The third-order valence-electron chi connectivity index (χ3n) is 4.22. The Bertz CT molecular complexity index is 545. The second kappa shape index (κ2) is 6.89. The quantitative estimate of drug-likeness (QED) is 0.711. The van der Waals surface area contributed by atoms with Crippen molar-refractivity contribution in [2.24, 2.45) is 5.92 Å². The van der Waals surface area contributed by atoms with Gasteiger partial charge in [0.25, 0.3) is 0 Å². The summed E-state index contributed by atoms with van der Waals surface area (Å²) in [5.41, 5.74) is -0.782. The van der Waals surface area contributed by atoms with E-state index < -0.39 is 17.5 Å². The largest absolute Gasteiger partial charge is 0.478 e. The van der Waals surface area contributed by atoms with E-state index in [9.17, 15) is 14.7 Å². The van der Waals surface area contributed by atoms with Gasteiger partial charge in [0, 0.05) is 6.61 Å². The minimum atomic E-state index is -1.12. The maximum absolute atomic E-state index is 12.2. The Labute approximate surface area is 128 Å². The number of carboxylic acid groups (broad SMARTS) is 1. The first-order chi connectivity index (χ1) is 10.5. The number of esters is 1. The van der Waals surface area contributed by atoms with E-state index in [1.165, 1.54) is 24.3 Å². The van der Waals surface area contributed by atoms with Gasteiger partial charge in [-0.3, -0.25) is 0 Å². The zero-order valence-corrected chi connectivity index (χ0v) is 12.2. The van der Waals surface area contributed by atoms with Crippen molar-refractivity contribution >= 4 is 11.9 Å². The van der Waals surface area contributed by atoms with E-state index in [0.717, 1.165) is 0 Å². The van der Waals surface area contributed by atoms with Gasteiger partial charge in [-0.05, 0) is 49.8 Å². The van der Waals surface area contributed by atoms with Crippen LogP contribution in [0, 0.1) is 5.92 Å². The van der Waals surface area contributed by atoms with E-state index >= 15 is 0 Å². The Hall–Kier alpha value is -1.92. The highest BCUT2D eigenvalue weighted by molar-refractivity contribution is 5.94. The average Bonchev–Trinajstić information content (AvgIpc) is 2.55. The maximum Gasteiger partial charge on any atom is 0.338 e. The molecular weight excluding hydrogens is 288 g/mol. The summed E-state index contributed by atoms with van der Waals surface area (Å²) in [6, 6.07) is 5.62. The van der Waals surface area contributed by atoms with Crippen LogP contribution in [0.3, 0.4) is 0 Å². The van der Waals surface area contributed by atoms with Gasteiger partial charge in [0.05, 0.1) is 17.7 Å². The molecule has 3 N–H and O–H groups in total.